The molecule has 1 atom stereocenters. The number of rotatable bonds is 9. The summed E-state index contributed by atoms with van der Waals surface area (Å²) < 4.78 is 5.61. The smallest absolute Gasteiger partial charge is 0.306 e. The summed E-state index contributed by atoms with van der Waals surface area (Å²) in [5.41, 5.74) is 0. The molecule has 0 saturated heterocycles. The van der Waals surface area contributed by atoms with Crippen molar-refractivity contribution in [1.29, 1.82) is 0 Å². The van der Waals surface area contributed by atoms with E-state index in [1.807, 2.05) is 0 Å². The molecule has 20 heavy (non-hydrogen) atoms. The van der Waals surface area contributed by atoms with Gasteiger partial charge in [-0.1, -0.05) is 26.7 Å². The van der Waals surface area contributed by atoms with E-state index in [4.69, 9.17) is 9.84 Å². The highest BCUT2D eigenvalue weighted by Gasteiger charge is 2.26. The van der Waals surface area contributed by atoms with Crippen molar-refractivity contribution >= 4 is 5.97 Å². The van der Waals surface area contributed by atoms with Gasteiger partial charge >= 0.3 is 5.97 Å². The van der Waals surface area contributed by atoms with Crippen LogP contribution in [0.2, 0.25) is 0 Å². The Morgan fingerprint density at radius 2 is 1.85 bits per heavy atom. The van der Waals surface area contributed by atoms with Crippen molar-refractivity contribution in [3.05, 3.63) is 0 Å². The summed E-state index contributed by atoms with van der Waals surface area (Å²) in [5, 5.41) is 12.6. The Kier molecular flexibility index (Phi) is 8.15. The second-order valence-electron chi connectivity index (χ2n) is 5.98. The standard InChI is InChI=1S/C16H31NO3/c1-4-12(5-2)15(20-3)10-11-17-14-8-6-13(7-9-14)16(18)19/h12-15,17H,4-11H2,1-3H3,(H,18,19). The minimum Gasteiger partial charge on any atom is -0.481 e. The molecule has 0 spiro atoms. The molecule has 118 valence electrons. The largest absolute Gasteiger partial charge is 0.481 e. The fourth-order valence-electron chi connectivity index (χ4n) is 3.33. The molecule has 0 amide bonds. The van der Waals surface area contributed by atoms with Crippen LogP contribution in [0.25, 0.3) is 0 Å². The van der Waals surface area contributed by atoms with Gasteiger partial charge in [-0.2, -0.15) is 0 Å². The first-order valence-electron chi connectivity index (χ1n) is 8.11. The highest BCUT2D eigenvalue weighted by molar-refractivity contribution is 5.70. The predicted molar refractivity (Wildman–Crippen MR) is 80.9 cm³/mol. The third kappa shape index (κ3) is 5.41. The van der Waals surface area contributed by atoms with E-state index in [0.717, 1.165) is 38.6 Å². The Bertz CT molecular complexity index is 271. The summed E-state index contributed by atoms with van der Waals surface area (Å²) in [5.74, 6) is -0.106. The summed E-state index contributed by atoms with van der Waals surface area (Å²) in [4.78, 5) is 10.9. The lowest BCUT2D eigenvalue weighted by molar-refractivity contribution is -0.142. The maximum atomic E-state index is 10.9. The quantitative estimate of drug-likeness (QED) is 0.683. The van der Waals surface area contributed by atoms with Gasteiger partial charge in [0.1, 0.15) is 0 Å². The van der Waals surface area contributed by atoms with E-state index in [2.05, 4.69) is 19.2 Å². The van der Waals surface area contributed by atoms with Crippen LogP contribution in [0.4, 0.5) is 0 Å². The molecule has 1 unspecified atom stereocenters. The third-order valence-corrected chi connectivity index (χ3v) is 4.82. The van der Waals surface area contributed by atoms with Crippen molar-refractivity contribution in [2.45, 2.75) is 70.9 Å². The Labute approximate surface area is 123 Å². The molecule has 0 radical (unpaired) electrons. The number of carboxylic acids is 1. The summed E-state index contributed by atoms with van der Waals surface area (Å²) in [6.07, 6.45) is 7.31. The van der Waals surface area contributed by atoms with Crippen molar-refractivity contribution in [3.63, 3.8) is 0 Å². The second-order valence-corrected chi connectivity index (χ2v) is 5.98. The fourth-order valence-corrected chi connectivity index (χ4v) is 3.33. The SMILES string of the molecule is CCC(CC)C(CCNC1CCC(C(=O)O)CC1)OC. The van der Waals surface area contributed by atoms with Crippen LogP contribution in [-0.2, 0) is 9.53 Å². The number of methoxy groups -OCH3 is 1. The molecule has 4 nitrogen and oxygen atoms in total. The van der Waals surface area contributed by atoms with Crippen LogP contribution in [-0.4, -0.2) is 36.9 Å². The number of hydrogen-bond acceptors (Lipinski definition) is 3. The molecule has 0 bridgehead atoms. The summed E-state index contributed by atoms with van der Waals surface area (Å²) >= 11 is 0. The van der Waals surface area contributed by atoms with Gasteiger partial charge in [0.15, 0.2) is 0 Å². The summed E-state index contributed by atoms with van der Waals surface area (Å²) in [6, 6.07) is 0.491. The average Bonchev–Trinajstić information content (AvgIpc) is 2.47. The highest BCUT2D eigenvalue weighted by Crippen LogP contribution is 2.24. The zero-order valence-electron chi connectivity index (χ0n) is 13.2. The van der Waals surface area contributed by atoms with Gasteiger partial charge in [-0.05, 0) is 44.6 Å². The molecular formula is C16H31NO3. The monoisotopic (exact) mass is 285 g/mol. The second kappa shape index (κ2) is 9.35. The Morgan fingerprint density at radius 1 is 1.25 bits per heavy atom. The fraction of sp³-hybridized carbons (Fsp3) is 0.938. The Balaban J connectivity index is 2.22. The molecule has 0 aromatic heterocycles. The molecule has 1 fully saturated rings. The molecule has 0 aliphatic heterocycles. The number of carboxylic acid groups (broad SMARTS) is 1. The first-order valence-corrected chi connectivity index (χ1v) is 8.11. The number of carbonyl (C=O) groups is 1. The number of ether oxygens (including phenoxy) is 1. The van der Waals surface area contributed by atoms with E-state index in [9.17, 15) is 4.79 Å². The lowest BCUT2D eigenvalue weighted by Gasteiger charge is -2.29. The van der Waals surface area contributed by atoms with Crippen LogP contribution in [0.1, 0.15) is 58.8 Å². The number of nitrogens with one attached hydrogen (secondary N) is 1. The minimum absolute atomic E-state index is 0.121. The third-order valence-electron chi connectivity index (χ3n) is 4.82. The summed E-state index contributed by atoms with van der Waals surface area (Å²) in [6.45, 7) is 5.42. The van der Waals surface area contributed by atoms with E-state index in [1.54, 1.807) is 7.11 Å². The van der Waals surface area contributed by atoms with Gasteiger partial charge in [-0.25, -0.2) is 0 Å². The van der Waals surface area contributed by atoms with E-state index in [-0.39, 0.29) is 5.92 Å². The zero-order valence-corrected chi connectivity index (χ0v) is 13.2. The molecule has 1 saturated carbocycles. The van der Waals surface area contributed by atoms with E-state index >= 15 is 0 Å². The first kappa shape index (κ1) is 17.4. The molecule has 0 heterocycles. The van der Waals surface area contributed by atoms with Crippen LogP contribution in [0.15, 0.2) is 0 Å². The van der Waals surface area contributed by atoms with Crippen molar-refractivity contribution in [2.24, 2.45) is 11.8 Å². The molecule has 1 aliphatic carbocycles. The zero-order chi connectivity index (χ0) is 15.0. The van der Waals surface area contributed by atoms with E-state index < -0.39 is 5.97 Å². The number of hydrogen-bond donors (Lipinski definition) is 2. The van der Waals surface area contributed by atoms with Crippen molar-refractivity contribution in [3.8, 4) is 0 Å². The van der Waals surface area contributed by atoms with Gasteiger partial charge in [-0.15, -0.1) is 0 Å². The van der Waals surface area contributed by atoms with Gasteiger partial charge < -0.3 is 15.2 Å². The van der Waals surface area contributed by atoms with Crippen LogP contribution < -0.4 is 5.32 Å². The van der Waals surface area contributed by atoms with Gasteiger partial charge in [0.05, 0.1) is 12.0 Å². The van der Waals surface area contributed by atoms with Crippen LogP contribution in [0.5, 0.6) is 0 Å². The lowest BCUT2D eigenvalue weighted by atomic mass is 9.86. The number of aliphatic carboxylic acids is 1. The van der Waals surface area contributed by atoms with Crippen molar-refractivity contribution in [2.75, 3.05) is 13.7 Å². The molecule has 0 aromatic rings. The van der Waals surface area contributed by atoms with Crippen molar-refractivity contribution in [1.82, 2.24) is 5.32 Å². The van der Waals surface area contributed by atoms with Gasteiger partial charge in [0.2, 0.25) is 0 Å². The molecule has 0 aromatic carbocycles. The van der Waals surface area contributed by atoms with Crippen LogP contribution >= 0.6 is 0 Å². The molecule has 1 aliphatic rings. The average molecular weight is 285 g/mol. The first-order chi connectivity index (χ1) is 9.62. The maximum Gasteiger partial charge on any atom is 0.306 e. The van der Waals surface area contributed by atoms with Gasteiger partial charge in [-0.3, -0.25) is 4.79 Å². The van der Waals surface area contributed by atoms with Gasteiger partial charge in [0.25, 0.3) is 0 Å². The topological polar surface area (TPSA) is 58.6 Å². The molecule has 1 rings (SSSR count). The van der Waals surface area contributed by atoms with Crippen LogP contribution in [0.3, 0.4) is 0 Å². The summed E-state index contributed by atoms with van der Waals surface area (Å²) in [7, 11) is 1.81. The van der Waals surface area contributed by atoms with Gasteiger partial charge in [0, 0.05) is 13.2 Å². The normalized spacial score (nSPS) is 24.8. The molecule has 2 N–H and O–H groups in total. The van der Waals surface area contributed by atoms with Crippen molar-refractivity contribution < 1.29 is 14.6 Å². The predicted octanol–water partition coefficient (Wildman–Crippen LogP) is 3.06. The van der Waals surface area contributed by atoms with E-state index in [0.29, 0.717) is 18.1 Å². The molecule has 4 heteroatoms. The highest BCUT2D eigenvalue weighted by atomic mass is 16.5. The minimum atomic E-state index is -0.628. The molecular weight excluding hydrogens is 254 g/mol. The Hall–Kier alpha value is -0.610. The lowest BCUT2D eigenvalue weighted by Crippen LogP contribution is -2.37. The Morgan fingerprint density at radius 3 is 2.30 bits per heavy atom. The van der Waals surface area contributed by atoms with Crippen LogP contribution in [0, 0.1) is 11.8 Å². The van der Waals surface area contributed by atoms with E-state index in [1.165, 1.54) is 12.8 Å². The maximum absolute atomic E-state index is 10.9.